The Kier molecular flexibility index (Phi) is 7.75. The van der Waals surface area contributed by atoms with E-state index in [-0.39, 0.29) is 5.91 Å². The molecule has 1 amide bonds. The highest BCUT2D eigenvalue weighted by Gasteiger charge is 2.10. The van der Waals surface area contributed by atoms with Crippen molar-refractivity contribution in [2.45, 2.75) is 26.8 Å². The van der Waals surface area contributed by atoms with E-state index in [1.807, 2.05) is 18.2 Å². The number of amides is 1. The fourth-order valence-electron chi connectivity index (χ4n) is 1.81. The number of nitrogens with zero attached hydrogens (tertiary/aromatic N) is 1. The molecule has 0 atom stereocenters. The number of nitrogens with one attached hydrogen (secondary N) is 1. The summed E-state index contributed by atoms with van der Waals surface area (Å²) in [7, 11) is 3.50. The van der Waals surface area contributed by atoms with Gasteiger partial charge in [-0.1, -0.05) is 26.0 Å². The van der Waals surface area contributed by atoms with E-state index in [2.05, 4.69) is 35.1 Å². The second-order valence-electron chi connectivity index (χ2n) is 5.64. The standard InChI is InChI=1S/C16H25BrN2O2/c1-12(2)10-18-11-13-6-5-7-14(17)16(13)21-9-8-15(20)19(3)4/h5-7,12,18H,8-11H2,1-4H3. The Morgan fingerprint density at radius 3 is 2.71 bits per heavy atom. The fraction of sp³-hybridized carbons (Fsp3) is 0.562. The molecule has 0 heterocycles. The number of carbonyl (C=O) groups excluding carboxylic acids is 1. The zero-order valence-electron chi connectivity index (χ0n) is 13.3. The highest BCUT2D eigenvalue weighted by Crippen LogP contribution is 2.29. The third kappa shape index (κ3) is 6.48. The maximum atomic E-state index is 11.6. The van der Waals surface area contributed by atoms with E-state index in [1.165, 1.54) is 0 Å². The van der Waals surface area contributed by atoms with Gasteiger partial charge >= 0.3 is 0 Å². The van der Waals surface area contributed by atoms with Crippen molar-refractivity contribution < 1.29 is 9.53 Å². The largest absolute Gasteiger partial charge is 0.492 e. The van der Waals surface area contributed by atoms with Crippen LogP contribution in [0.2, 0.25) is 0 Å². The molecule has 4 nitrogen and oxygen atoms in total. The van der Waals surface area contributed by atoms with Crippen molar-refractivity contribution in [1.82, 2.24) is 10.2 Å². The number of hydrogen-bond acceptors (Lipinski definition) is 3. The monoisotopic (exact) mass is 356 g/mol. The molecule has 1 N–H and O–H groups in total. The van der Waals surface area contributed by atoms with Gasteiger partial charge in [-0.3, -0.25) is 4.79 Å². The molecule has 118 valence electrons. The van der Waals surface area contributed by atoms with Crippen LogP contribution in [0.3, 0.4) is 0 Å². The smallest absolute Gasteiger partial charge is 0.225 e. The summed E-state index contributed by atoms with van der Waals surface area (Å²) in [6, 6.07) is 5.99. The zero-order valence-corrected chi connectivity index (χ0v) is 14.9. The first kappa shape index (κ1) is 18.0. The topological polar surface area (TPSA) is 41.6 Å². The molecule has 1 aromatic rings. The number of para-hydroxylation sites is 1. The predicted molar refractivity (Wildman–Crippen MR) is 89.5 cm³/mol. The van der Waals surface area contributed by atoms with E-state index in [1.54, 1.807) is 19.0 Å². The molecule has 5 heteroatoms. The van der Waals surface area contributed by atoms with Gasteiger partial charge in [-0.15, -0.1) is 0 Å². The van der Waals surface area contributed by atoms with Crippen LogP contribution in [-0.4, -0.2) is 38.1 Å². The van der Waals surface area contributed by atoms with E-state index in [0.29, 0.717) is 18.9 Å². The minimum Gasteiger partial charge on any atom is -0.492 e. The van der Waals surface area contributed by atoms with Crippen molar-refractivity contribution in [2.24, 2.45) is 5.92 Å². The van der Waals surface area contributed by atoms with Gasteiger partial charge < -0.3 is 15.0 Å². The lowest BCUT2D eigenvalue weighted by Crippen LogP contribution is -2.23. The molecule has 1 rings (SSSR count). The Bertz CT molecular complexity index is 462. The second kappa shape index (κ2) is 9.05. The number of benzene rings is 1. The predicted octanol–water partition coefficient (Wildman–Crippen LogP) is 3.05. The van der Waals surface area contributed by atoms with Crippen LogP contribution >= 0.6 is 15.9 Å². The molecule has 0 unspecified atom stereocenters. The Morgan fingerprint density at radius 1 is 1.38 bits per heavy atom. The van der Waals surface area contributed by atoms with Crippen molar-refractivity contribution >= 4 is 21.8 Å². The maximum absolute atomic E-state index is 11.6. The molecule has 21 heavy (non-hydrogen) atoms. The lowest BCUT2D eigenvalue weighted by atomic mass is 10.2. The first-order valence-corrected chi connectivity index (χ1v) is 8.02. The maximum Gasteiger partial charge on any atom is 0.225 e. The van der Waals surface area contributed by atoms with Crippen molar-refractivity contribution in [3.05, 3.63) is 28.2 Å². The summed E-state index contributed by atoms with van der Waals surface area (Å²) in [5.74, 6) is 1.50. The molecule has 0 fully saturated rings. The zero-order chi connectivity index (χ0) is 15.8. The molecule has 0 aliphatic heterocycles. The Balaban J connectivity index is 2.60. The highest BCUT2D eigenvalue weighted by molar-refractivity contribution is 9.10. The molecule has 0 aliphatic carbocycles. The van der Waals surface area contributed by atoms with Crippen LogP contribution in [0.15, 0.2) is 22.7 Å². The van der Waals surface area contributed by atoms with Gasteiger partial charge in [0.15, 0.2) is 0 Å². The normalized spacial score (nSPS) is 10.8. The minimum atomic E-state index is 0.0709. The lowest BCUT2D eigenvalue weighted by Gasteiger charge is -2.15. The quantitative estimate of drug-likeness (QED) is 0.778. The second-order valence-corrected chi connectivity index (χ2v) is 6.49. The molecule has 0 radical (unpaired) electrons. The van der Waals surface area contributed by atoms with E-state index in [0.717, 1.165) is 28.9 Å². The molecular weight excluding hydrogens is 332 g/mol. The number of carbonyl (C=O) groups is 1. The van der Waals surface area contributed by atoms with Gasteiger partial charge in [-0.25, -0.2) is 0 Å². The van der Waals surface area contributed by atoms with Crippen LogP contribution < -0.4 is 10.1 Å². The van der Waals surface area contributed by atoms with Gasteiger partial charge in [0.2, 0.25) is 5.91 Å². The van der Waals surface area contributed by atoms with Crippen LogP contribution in [0.4, 0.5) is 0 Å². The van der Waals surface area contributed by atoms with Gasteiger partial charge in [0, 0.05) is 26.2 Å². The van der Waals surface area contributed by atoms with Gasteiger partial charge in [-0.05, 0) is 34.5 Å². The summed E-state index contributed by atoms with van der Waals surface area (Å²) in [6.07, 6.45) is 0.382. The Labute approximate surface area is 136 Å². The summed E-state index contributed by atoms with van der Waals surface area (Å²) < 4.78 is 6.73. The summed E-state index contributed by atoms with van der Waals surface area (Å²) in [4.78, 5) is 13.1. The molecule has 0 saturated heterocycles. The molecule has 0 aromatic heterocycles. The Hall–Kier alpha value is -1.07. The summed E-state index contributed by atoms with van der Waals surface area (Å²) in [5, 5.41) is 3.41. The van der Waals surface area contributed by atoms with Crippen molar-refractivity contribution in [2.75, 3.05) is 27.2 Å². The average Bonchev–Trinajstić information content (AvgIpc) is 2.40. The van der Waals surface area contributed by atoms with E-state index in [4.69, 9.17) is 4.74 Å². The minimum absolute atomic E-state index is 0.0709. The summed E-state index contributed by atoms with van der Waals surface area (Å²) in [5.41, 5.74) is 1.10. The SMILES string of the molecule is CC(C)CNCc1cccc(Br)c1OCCC(=O)N(C)C. The lowest BCUT2D eigenvalue weighted by molar-refractivity contribution is -0.129. The summed E-state index contributed by atoms with van der Waals surface area (Å²) >= 11 is 3.52. The van der Waals surface area contributed by atoms with E-state index in [9.17, 15) is 4.79 Å². The van der Waals surface area contributed by atoms with Gasteiger partial charge in [0.1, 0.15) is 5.75 Å². The van der Waals surface area contributed by atoms with Gasteiger partial charge in [0.05, 0.1) is 17.5 Å². The third-order valence-corrected chi connectivity index (χ3v) is 3.60. The fourth-order valence-corrected chi connectivity index (χ4v) is 2.34. The van der Waals surface area contributed by atoms with E-state index < -0.39 is 0 Å². The van der Waals surface area contributed by atoms with E-state index >= 15 is 0 Å². The van der Waals surface area contributed by atoms with Gasteiger partial charge in [-0.2, -0.15) is 0 Å². The molecule has 0 aliphatic rings. The van der Waals surface area contributed by atoms with Crippen molar-refractivity contribution in [1.29, 1.82) is 0 Å². The first-order valence-electron chi connectivity index (χ1n) is 7.23. The molecule has 0 saturated carbocycles. The van der Waals surface area contributed by atoms with Crippen molar-refractivity contribution in [3.8, 4) is 5.75 Å². The Morgan fingerprint density at radius 2 is 2.10 bits per heavy atom. The van der Waals surface area contributed by atoms with Crippen LogP contribution in [0.5, 0.6) is 5.75 Å². The number of ether oxygens (including phenoxy) is 1. The molecule has 0 bridgehead atoms. The summed E-state index contributed by atoms with van der Waals surface area (Å²) in [6.45, 7) is 6.47. The van der Waals surface area contributed by atoms with Crippen LogP contribution in [-0.2, 0) is 11.3 Å². The number of hydrogen-bond donors (Lipinski definition) is 1. The first-order chi connectivity index (χ1) is 9.91. The van der Waals surface area contributed by atoms with Crippen LogP contribution in [0, 0.1) is 5.92 Å². The third-order valence-electron chi connectivity index (χ3n) is 2.98. The molecule has 1 aromatic carbocycles. The van der Waals surface area contributed by atoms with Gasteiger partial charge in [0.25, 0.3) is 0 Å². The number of halogens is 1. The molecule has 0 spiro atoms. The van der Waals surface area contributed by atoms with Crippen LogP contribution in [0.25, 0.3) is 0 Å². The number of rotatable bonds is 8. The van der Waals surface area contributed by atoms with Crippen molar-refractivity contribution in [3.63, 3.8) is 0 Å². The highest BCUT2D eigenvalue weighted by atomic mass is 79.9. The molecular formula is C16H25BrN2O2. The average molecular weight is 357 g/mol. The van der Waals surface area contributed by atoms with Crippen LogP contribution in [0.1, 0.15) is 25.8 Å².